The topological polar surface area (TPSA) is 63.1 Å². The van der Waals surface area contributed by atoms with Gasteiger partial charge in [0.2, 0.25) is 11.8 Å². The first kappa shape index (κ1) is 18.8. The van der Waals surface area contributed by atoms with E-state index >= 15 is 0 Å². The summed E-state index contributed by atoms with van der Waals surface area (Å²) >= 11 is 0. The first-order valence-electron chi connectivity index (χ1n) is 16.7. The van der Waals surface area contributed by atoms with Crippen LogP contribution in [0.3, 0.4) is 0 Å². The number of carbonyl (C=O) groups excluding carboxylic acids is 1. The summed E-state index contributed by atoms with van der Waals surface area (Å²) < 4.78 is 90.8. The Labute approximate surface area is 229 Å². The number of hydrogen-bond donors (Lipinski definition) is 1. The molecule has 0 radical (unpaired) electrons. The van der Waals surface area contributed by atoms with Gasteiger partial charge >= 0.3 is 0 Å². The fourth-order valence-electron chi connectivity index (χ4n) is 5.93. The number of nitrogens with one attached hydrogen (secondary N) is 1. The number of nitrogens with zero attached hydrogens (tertiary/aromatic N) is 4. The molecule has 8 heteroatoms. The van der Waals surface area contributed by atoms with Gasteiger partial charge in [0, 0.05) is 58.9 Å². The van der Waals surface area contributed by atoms with Crippen molar-refractivity contribution in [3.8, 4) is 0 Å². The average molecular weight is 521 g/mol. The second-order valence-electron chi connectivity index (χ2n) is 10.8. The second-order valence-corrected chi connectivity index (χ2v) is 10.8. The number of fused-ring (bicyclic) bond motifs is 2. The maximum atomic E-state index is 14.3. The molecule has 202 valence electrons. The number of carbonyl (C=O) groups is 1. The van der Waals surface area contributed by atoms with Gasteiger partial charge in [-0.1, -0.05) is 44.2 Å². The number of benzene rings is 1. The van der Waals surface area contributed by atoms with Gasteiger partial charge in [-0.15, -0.1) is 10.2 Å². The van der Waals surface area contributed by atoms with Crippen LogP contribution in [0, 0.1) is 12.8 Å². The SMILES string of the molecule is [2H]C([2H])(CC(NC(=O)C1([2H])C([2H])([2H])CC(F)(F)CC1([2H])[2H])c1ccccc1)N1C2CCC1CC(n1c(C)nnc1C(C)C)C2. The maximum Gasteiger partial charge on any atom is 0.248 e. The van der Waals surface area contributed by atoms with Gasteiger partial charge in [-0.2, -0.15) is 0 Å². The van der Waals surface area contributed by atoms with Crippen molar-refractivity contribution < 1.29 is 23.2 Å². The van der Waals surface area contributed by atoms with Crippen LogP contribution in [0.2, 0.25) is 0 Å². The highest BCUT2D eigenvalue weighted by molar-refractivity contribution is 5.79. The van der Waals surface area contributed by atoms with Crippen molar-refractivity contribution in [3.05, 3.63) is 47.5 Å². The van der Waals surface area contributed by atoms with E-state index < -0.39 is 55.8 Å². The molecule has 1 N–H and O–H groups in total. The molecule has 2 aliphatic heterocycles. The minimum absolute atomic E-state index is 0.0888. The molecule has 1 saturated carbocycles. The van der Waals surface area contributed by atoms with Crippen molar-refractivity contribution in [1.82, 2.24) is 25.0 Å². The zero-order valence-electron chi connectivity index (χ0n) is 28.7. The fourth-order valence-corrected chi connectivity index (χ4v) is 5.93. The molecule has 3 heterocycles. The number of amides is 1. The lowest BCUT2D eigenvalue weighted by atomic mass is 9.86. The van der Waals surface area contributed by atoms with E-state index in [0.29, 0.717) is 18.4 Å². The number of halogens is 2. The molecule has 0 spiro atoms. The quantitative estimate of drug-likeness (QED) is 0.467. The van der Waals surface area contributed by atoms with Gasteiger partial charge in [-0.05, 0) is 57.3 Å². The molecule has 3 aliphatic rings. The van der Waals surface area contributed by atoms with Crippen LogP contribution in [0.25, 0.3) is 0 Å². The Morgan fingerprint density at radius 2 is 1.81 bits per heavy atom. The third-order valence-electron chi connectivity index (χ3n) is 7.74. The number of alkyl halides is 2. The zero-order chi connectivity index (χ0) is 32.5. The monoisotopic (exact) mass is 520 g/mol. The van der Waals surface area contributed by atoms with Gasteiger partial charge in [0.15, 0.2) is 0 Å². The van der Waals surface area contributed by atoms with E-state index in [1.54, 1.807) is 30.3 Å². The summed E-state index contributed by atoms with van der Waals surface area (Å²) in [5, 5.41) is 11.2. The molecule has 6 nitrogen and oxygen atoms in total. The number of aromatic nitrogens is 3. The minimum Gasteiger partial charge on any atom is -0.349 e. The molecule has 3 fully saturated rings. The van der Waals surface area contributed by atoms with Gasteiger partial charge in [-0.3, -0.25) is 9.69 Å². The average Bonchev–Trinajstić information content (AvgIpc) is 3.43. The van der Waals surface area contributed by atoms with E-state index in [0.717, 1.165) is 24.5 Å². The molecule has 1 aromatic carbocycles. The predicted octanol–water partition coefficient (Wildman–Crippen LogP) is 5.95. The number of hydrogen-bond acceptors (Lipinski definition) is 4. The second kappa shape index (κ2) is 10.8. The largest absolute Gasteiger partial charge is 0.349 e. The fraction of sp³-hybridized carbons (Fsp3) is 0.690. The van der Waals surface area contributed by atoms with Crippen LogP contribution < -0.4 is 5.32 Å². The summed E-state index contributed by atoms with van der Waals surface area (Å²) in [6.45, 7) is 4.12. The lowest BCUT2D eigenvalue weighted by Gasteiger charge is -2.40. The van der Waals surface area contributed by atoms with E-state index in [1.165, 1.54) is 0 Å². The first-order valence-corrected chi connectivity index (χ1v) is 13.2. The highest BCUT2D eigenvalue weighted by Crippen LogP contribution is 2.42. The molecule has 1 aromatic heterocycles. The highest BCUT2D eigenvalue weighted by atomic mass is 19.3. The number of piperidine rings is 1. The van der Waals surface area contributed by atoms with Gasteiger partial charge in [0.05, 0.1) is 6.04 Å². The molecule has 3 unspecified atom stereocenters. The van der Waals surface area contributed by atoms with Gasteiger partial charge in [0.25, 0.3) is 0 Å². The first-order chi connectivity index (χ1) is 20.3. The van der Waals surface area contributed by atoms with Gasteiger partial charge in [-0.25, -0.2) is 8.78 Å². The number of aryl methyl sites for hydroxylation is 1. The van der Waals surface area contributed by atoms with Crippen LogP contribution in [0.4, 0.5) is 8.78 Å². The van der Waals surface area contributed by atoms with E-state index in [1.807, 2.05) is 11.8 Å². The third-order valence-corrected chi connectivity index (χ3v) is 7.74. The highest BCUT2D eigenvalue weighted by Gasteiger charge is 2.42. The molecule has 37 heavy (non-hydrogen) atoms. The van der Waals surface area contributed by atoms with Crippen molar-refractivity contribution in [2.75, 3.05) is 6.50 Å². The summed E-state index contributed by atoms with van der Waals surface area (Å²) in [4.78, 5) is 15.5. The van der Waals surface area contributed by atoms with E-state index in [4.69, 9.17) is 6.85 Å². The van der Waals surface area contributed by atoms with Crippen LogP contribution in [0.5, 0.6) is 0 Å². The molecule has 1 amide bonds. The van der Waals surface area contributed by atoms with Crippen molar-refractivity contribution in [2.24, 2.45) is 5.89 Å². The number of rotatable bonds is 8. The van der Waals surface area contributed by atoms with Crippen LogP contribution in [0.1, 0.15) is 116 Å². The van der Waals surface area contributed by atoms with Gasteiger partial charge < -0.3 is 9.88 Å². The molecular formula is C29H41F2N5O. The maximum absolute atomic E-state index is 14.3. The third kappa shape index (κ3) is 5.74. The van der Waals surface area contributed by atoms with E-state index in [9.17, 15) is 16.3 Å². The summed E-state index contributed by atoms with van der Waals surface area (Å²) in [7, 11) is 0. The molecule has 5 rings (SSSR count). The lowest BCUT2D eigenvalue weighted by Crippen LogP contribution is -2.45. The Hall–Kier alpha value is -2.35. The van der Waals surface area contributed by atoms with E-state index in [2.05, 4.69) is 33.9 Å². The minimum atomic E-state index is -3.72. The molecule has 2 saturated heterocycles. The Morgan fingerprint density at radius 1 is 1.16 bits per heavy atom. The standard InChI is InChI=1S/C29H41F2N5O/c1-19(2)27-34-33-20(3)36(27)25-17-23-9-10-24(18-25)35(23)16-13-26(21-7-5-4-6-8-21)32-28(37)22-11-14-29(30,31)15-12-22/h4-8,19,22-26H,9-18H2,1-3H3,(H,32,37)/i11D2,12D2,16D2,22D. The molecular weight excluding hydrogens is 472 g/mol. The van der Waals surface area contributed by atoms with Crippen molar-refractivity contribution in [3.63, 3.8) is 0 Å². The summed E-state index contributed by atoms with van der Waals surface area (Å²) in [5.41, 5.74) is 0.486. The lowest BCUT2D eigenvalue weighted by molar-refractivity contribution is -0.130. The Balaban J connectivity index is 1.41. The Morgan fingerprint density at radius 3 is 2.43 bits per heavy atom. The summed E-state index contributed by atoms with van der Waals surface area (Å²) in [5.74, 6) is -6.37. The van der Waals surface area contributed by atoms with Crippen LogP contribution >= 0.6 is 0 Å². The molecule has 1 aliphatic carbocycles. The van der Waals surface area contributed by atoms with Crippen molar-refractivity contribution >= 4 is 5.91 Å². The van der Waals surface area contributed by atoms with Crippen molar-refractivity contribution in [1.29, 1.82) is 0 Å². The zero-order valence-corrected chi connectivity index (χ0v) is 21.7. The summed E-state index contributed by atoms with van der Waals surface area (Å²) in [6.07, 6.45) is -6.56. The van der Waals surface area contributed by atoms with Crippen molar-refractivity contribution in [2.45, 2.75) is 114 Å². The normalized spacial score (nSPS) is 33.7. The van der Waals surface area contributed by atoms with Crippen LogP contribution in [-0.4, -0.2) is 50.1 Å². The van der Waals surface area contributed by atoms with E-state index in [-0.39, 0.29) is 30.5 Å². The molecule has 3 atom stereocenters. The van der Waals surface area contributed by atoms with Gasteiger partial charge in [0.1, 0.15) is 11.6 Å². The summed E-state index contributed by atoms with van der Waals surface area (Å²) in [6, 6.07) is 7.34. The predicted molar refractivity (Wildman–Crippen MR) is 139 cm³/mol. The molecule has 2 bridgehead atoms. The smallest absolute Gasteiger partial charge is 0.248 e. The Kier molecular flexibility index (Phi) is 5.49. The van der Waals surface area contributed by atoms with Crippen LogP contribution in [-0.2, 0) is 4.79 Å². The molecule has 2 aromatic rings. The van der Waals surface area contributed by atoms with Crippen LogP contribution in [0.15, 0.2) is 30.3 Å². The Bertz CT molecular complexity index is 1340.